The van der Waals surface area contributed by atoms with Crippen LogP contribution in [0.2, 0.25) is 5.02 Å². The maximum atomic E-state index is 12.0. The van der Waals surface area contributed by atoms with Gasteiger partial charge in [0.1, 0.15) is 5.82 Å². The van der Waals surface area contributed by atoms with Gasteiger partial charge in [-0.1, -0.05) is 17.7 Å². The highest BCUT2D eigenvalue weighted by atomic mass is 35.5. The SMILES string of the molecule is CN(C)c1cccc(CNC(=O)Nc2nc3ccc(Cl)cn3n2)n1. The smallest absolute Gasteiger partial charge is 0.321 e. The van der Waals surface area contributed by atoms with Gasteiger partial charge in [0.25, 0.3) is 5.95 Å². The van der Waals surface area contributed by atoms with Gasteiger partial charge < -0.3 is 10.2 Å². The van der Waals surface area contributed by atoms with Crippen molar-refractivity contribution in [1.82, 2.24) is 24.9 Å². The molecule has 8 nitrogen and oxygen atoms in total. The Morgan fingerprint density at radius 2 is 2.08 bits per heavy atom. The lowest BCUT2D eigenvalue weighted by atomic mass is 10.3. The zero-order valence-electron chi connectivity index (χ0n) is 13.2. The molecular weight excluding hydrogens is 330 g/mol. The van der Waals surface area contributed by atoms with Crippen molar-refractivity contribution >= 4 is 35.0 Å². The first-order chi connectivity index (χ1) is 11.5. The lowest BCUT2D eigenvalue weighted by Crippen LogP contribution is -2.29. The number of amides is 2. The molecule has 3 rings (SSSR count). The Morgan fingerprint density at radius 1 is 1.25 bits per heavy atom. The van der Waals surface area contributed by atoms with E-state index in [0.29, 0.717) is 17.2 Å². The van der Waals surface area contributed by atoms with Crippen molar-refractivity contribution in [2.45, 2.75) is 6.54 Å². The van der Waals surface area contributed by atoms with Gasteiger partial charge in [-0.25, -0.2) is 14.3 Å². The van der Waals surface area contributed by atoms with Crippen LogP contribution in [0.15, 0.2) is 36.5 Å². The fraction of sp³-hybridized carbons (Fsp3) is 0.200. The van der Waals surface area contributed by atoms with E-state index in [0.717, 1.165) is 11.5 Å². The molecule has 3 aromatic heterocycles. The minimum Gasteiger partial charge on any atom is -0.363 e. The molecule has 0 atom stereocenters. The lowest BCUT2D eigenvalue weighted by molar-refractivity contribution is 0.251. The molecule has 0 aromatic carbocycles. The van der Waals surface area contributed by atoms with Crippen LogP contribution in [-0.4, -0.2) is 39.7 Å². The first kappa shape index (κ1) is 16.0. The number of fused-ring (bicyclic) bond motifs is 1. The van der Waals surface area contributed by atoms with Crippen LogP contribution in [0.4, 0.5) is 16.6 Å². The van der Waals surface area contributed by atoms with E-state index in [9.17, 15) is 4.79 Å². The molecule has 9 heteroatoms. The van der Waals surface area contributed by atoms with Gasteiger partial charge in [0.2, 0.25) is 0 Å². The third-order valence-corrected chi connectivity index (χ3v) is 3.42. The lowest BCUT2D eigenvalue weighted by Gasteiger charge is -2.12. The van der Waals surface area contributed by atoms with Gasteiger partial charge in [0.15, 0.2) is 5.65 Å². The van der Waals surface area contributed by atoms with E-state index < -0.39 is 6.03 Å². The van der Waals surface area contributed by atoms with Crippen molar-refractivity contribution in [1.29, 1.82) is 0 Å². The maximum Gasteiger partial charge on any atom is 0.321 e. The van der Waals surface area contributed by atoms with Crippen LogP contribution in [-0.2, 0) is 6.54 Å². The van der Waals surface area contributed by atoms with Crippen LogP contribution in [0.1, 0.15) is 5.69 Å². The molecule has 0 saturated carbocycles. The van der Waals surface area contributed by atoms with Crippen LogP contribution in [0.3, 0.4) is 0 Å². The summed E-state index contributed by atoms with van der Waals surface area (Å²) in [4.78, 5) is 22.5. The number of rotatable bonds is 4. The summed E-state index contributed by atoms with van der Waals surface area (Å²) in [5.41, 5.74) is 1.35. The number of carbonyl (C=O) groups is 1. The number of halogens is 1. The molecule has 0 radical (unpaired) electrons. The summed E-state index contributed by atoms with van der Waals surface area (Å²) in [7, 11) is 3.82. The molecule has 0 saturated heterocycles. The molecular formula is C15H16ClN7O. The third-order valence-electron chi connectivity index (χ3n) is 3.20. The number of aromatic nitrogens is 4. The highest BCUT2D eigenvalue weighted by Crippen LogP contribution is 2.11. The number of hydrogen-bond acceptors (Lipinski definition) is 5. The standard InChI is InChI=1S/C15H16ClN7O/c1-22(2)12-5-3-4-11(18-12)8-17-15(24)20-14-19-13-7-6-10(16)9-23(13)21-14/h3-7,9H,8H2,1-2H3,(H2,17,20,21,24). The van der Waals surface area contributed by atoms with E-state index in [4.69, 9.17) is 11.6 Å². The number of anilines is 2. The summed E-state index contributed by atoms with van der Waals surface area (Å²) < 4.78 is 1.50. The van der Waals surface area contributed by atoms with Crippen molar-refractivity contribution < 1.29 is 4.79 Å². The summed E-state index contributed by atoms with van der Waals surface area (Å²) in [6.45, 7) is 0.298. The van der Waals surface area contributed by atoms with Gasteiger partial charge in [-0.2, -0.15) is 4.98 Å². The molecule has 3 heterocycles. The Labute approximate surface area is 143 Å². The summed E-state index contributed by atoms with van der Waals surface area (Å²) >= 11 is 5.89. The summed E-state index contributed by atoms with van der Waals surface area (Å²) in [5.74, 6) is 1.03. The number of hydrogen-bond donors (Lipinski definition) is 2. The van der Waals surface area contributed by atoms with E-state index in [1.807, 2.05) is 37.2 Å². The van der Waals surface area contributed by atoms with Crippen molar-refractivity contribution in [3.63, 3.8) is 0 Å². The Balaban J connectivity index is 1.61. The number of nitrogens with one attached hydrogen (secondary N) is 2. The van der Waals surface area contributed by atoms with Gasteiger partial charge in [-0.3, -0.25) is 5.32 Å². The molecule has 0 aliphatic rings. The van der Waals surface area contributed by atoms with Gasteiger partial charge in [-0.05, 0) is 24.3 Å². The molecule has 0 unspecified atom stereocenters. The Morgan fingerprint density at radius 3 is 2.88 bits per heavy atom. The van der Waals surface area contributed by atoms with Gasteiger partial charge in [0, 0.05) is 20.3 Å². The van der Waals surface area contributed by atoms with E-state index in [-0.39, 0.29) is 5.95 Å². The molecule has 24 heavy (non-hydrogen) atoms. The first-order valence-electron chi connectivity index (χ1n) is 7.21. The molecule has 2 N–H and O–H groups in total. The minimum atomic E-state index is -0.408. The van der Waals surface area contributed by atoms with Gasteiger partial charge in [-0.15, -0.1) is 5.10 Å². The molecule has 3 aromatic rings. The quantitative estimate of drug-likeness (QED) is 0.756. The normalized spacial score (nSPS) is 10.6. The first-order valence-corrected chi connectivity index (χ1v) is 7.59. The minimum absolute atomic E-state index is 0.199. The molecule has 2 amide bonds. The van der Waals surface area contributed by atoms with Crippen molar-refractivity contribution in [3.05, 3.63) is 47.2 Å². The predicted octanol–water partition coefficient (Wildman–Crippen LogP) is 2.17. The summed E-state index contributed by atoms with van der Waals surface area (Å²) in [6, 6.07) is 8.65. The molecule has 0 spiro atoms. The second-order valence-electron chi connectivity index (χ2n) is 5.27. The monoisotopic (exact) mass is 345 g/mol. The number of carbonyl (C=O) groups excluding carboxylic acids is 1. The zero-order valence-corrected chi connectivity index (χ0v) is 13.9. The molecule has 0 aliphatic carbocycles. The van der Waals surface area contributed by atoms with Crippen LogP contribution in [0, 0.1) is 0 Å². The molecule has 0 fully saturated rings. The Hall–Kier alpha value is -2.87. The Kier molecular flexibility index (Phi) is 4.48. The molecule has 0 bridgehead atoms. The fourth-order valence-electron chi connectivity index (χ4n) is 2.04. The second kappa shape index (κ2) is 6.71. The van der Waals surface area contributed by atoms with Crippen LogP contribution >= 0.6 is 11.6 Å². The van der Waals surface area contributed by atoms with E-state index in [1.54, 1.807) is 18.3 Å². The largest absolute Gasteiger partial charge is 0.363 e. The highest BCUT2D eigenvalue weighted by Gasteiger charge is 2.08. The summed E-state index contributed by atoms with van der Waals surface area (Å²) in [5, 5.41) is 9.98. The second-order valence-corrected chi connectivity index (χ2v) is 5.71. The van der Waals surface area contributed by atoms with Crippen molar-refractivity contribution in [3.8, 4) is 0 Å². The zero-order chi connectivity index (χ0) is 17.1. The average molecular weight is 346 g/mol. The third kappa shape index (κ3) is 3.72. The topological polar surface area (TPSA) is 87.5 Å². The predicted molar refractivity (Wildman–Crippen MR) is 92.4 cm³/mol. The summed E-state index contributed by atoms with van der Waals surface area (Å²) in [6.07, 6.45) is 1.61. The number of pyridine rings is 2. The van der Waals surface area contributed by atoms with E-state index >= 15 is 0 Å². The highest BCUT2D eigenvalue weighted by molar-refractivity contribution is 6.30. The fourth-order valence-corrected chi connectivity index (χ4v) is 2.20. The van der Waals surface area contributed by atoms with Gasteiger partial charge in [0.05, 0.1) is 17.3 Å². The van der Waals surface area contributed by atoms with E-state index in [2.05, 4.69) is 25.7 Å². The number of urea groups is 1. The Bertz CT molecular complexity index is 877. The van der Waals surface area contributed by atoms with Crippen LogP contribution in [0.25, 0.3) is 5.65 Å². The maximum absolute atomic E-state index is 12.0. The number of nitrogens with zero attached hydrogens (tertiary/aromatic N) is 5. The molecule has 124 valence electrons. The van der Waals surface area contributed by atoms with Crippen molar-refractivity contribution in [2.75, 3.05) is 24.3 Å². The van der Waals surface area contributed by atoms with E-state index in [1.165, 1.54) is 4.52 Å². The molecule has 0 aliphatic heterocycles. The van der Waals surface area contributed by atoms with Gasteiger partial charge >= 0.3 is 6.03 Å². The van der Waals surface area contributed by atoms with Crippen LogP contribution < -0.4 is 15.5 Å². The van der Waals surface area contributed by atoms with Crippen molar-refractivity contribution in [2.24, 2.45) is 0 Å². The van der Waals surface area contributed by atoms with Crippen LogP contribution in [0.5, 0.6) is 0 Å². The average Bonchev–Trinajstić information content (AvgIpc) is 2.94.